The SMILES string of the molecule is Nc1cc(-c2ccc3c(c2)OCCO3)nc(N2CCOCC2)n1. The maximum Gasteiger partial charge on any atom is 0.228 e. The van der Waals surface area contributed by atoms with Crippen molar-refractivity contribution in [2.75, 3.05) is 50.2 Å². The van der Waals surface area contributed by atoms with Gasteiger partial charge in [-0.25, -0.2) is 4.98 Å². The van der Waals surface area contributed by atoms with Crippen LogP contribution in [0.2, 0.25) is 0 Å². The number of fused-ring (bicyclic) bond motifs is 1. The van der Waals surface area contributed by atoms with Crippen LogP contribution in [0, 0.1) is 0 Å². The summed E-state index contributed by atoms with van der Waals surface area (Å²) in [7, 11) is 0. The minimum Gasteiger partial charge on any atom is -0.486 e. The average molecular weight is 314 g/mol. The summed E-state index contributed by atoms with van der Waals surface area (Å²) in [6.45, 7) is 4.03. The third kappa shape index (κ3) is 2.87. The van der Waals surface area contributed by atoms with Crippen LogP contribution in [0.4, 0.5) is 11.8 Å². The molecule has 0 aliphatic carbocycles. The van der Waals surface area contributed by atoms with E-state index in [0.717, 1.165) is 35.8 Å². The molecule has 0 atom stereocenters. The molecule has 2 aliphatic heterocycles. The zero-order valence-corrected chi connectivity index (χ0v) is 12.7. The van der Waals surface area contributed by atoms with Crippen LogP contribution < -0.4 is 20.1 Å². The van der Waals surface area contributed by atoms with E-state index in [9.17, 15) is 0 Å². The first kappa shape index (κ1) is 14.1. The van der Waals surface area contributed by atoms with Crippen molar-refractivity contribution < 1.29 is 14.2 Å². The van der Waals surface area contributed by atoms with Crippen molar-refractivity contribution in [1.82, 2.24) is 9.97 Å². The van der Waals surface area contributed by atoms with Gasteiger partial charge < -0.3 is 24.8 Å². The quantitative estimate of drug-likeness (QED) is 0.895. The van der Waals surface area contributed by atoms with E-state index in [1.165, 1.54) is 0 Å². The molecule has 23 heavy (non-hydrogen) atoms. The van der Waals surface area contributed by atoms with Crippen LogP contribution in [0.25, 0.3) is 11.3 Å². The van der Waals surface area contributed by atoms with Crippen molar-refractivity contribution in [3.8, 4) is 22.8 Å². The lowest BCUT2D eigenvalue weighted by Gasteiger charge is -2.27. The molecule has 2 aromatic rings. The predicted octanol–water partition coefficient (Wildman–Crippen LogP) is 1.33. The van der Waals surface area contributed by atoms with Crippen molar-refractivity contribution in [2.45, 2.75) is 0 Å². The van der Waals surface area contributed by atoms with Crippen LogP contribution in [0.1, 0.15) is 0 Å². The molecule has 0 unspecified atom stereocenters. The van der Waals surface area contributed by atoms with E-state index in [2.05, 4.69) is 14.9 Å². The third-order valence-electron chi connectivity index (χ3n) is 3.87. The van der Waals surface area contributed by atoms with Gasteiger partial charge in [0.15, 0.2) is 11.5 Å². The van der Waals surface area contributed by atoms with Crippen molar-refractivity contribution >= 4 is 11.8 Å². The summed E-state index contributed by atoms with van der Waals surface area (Å²) >= 11 is 0. The first-order chi connectivity index (χ1) is 11.3. The fourth-order valence-electron chi connectivity index (χ4n) is 2.71. The first-order valence-electron chi connectivity index (χ1n) is 7.67. The molecular formula is C16H18N4O3. The summed E-state index contributed by atoms with van der Waals surface area (Å²) in [6.07, 6.45) is 0. The number of nitrogen functional groups attached to an aromatic ring is 1. The van der Waals surface area contributed by atoms with Crippen LogP contribution in [0.3, 0.4) is 0 Å². The highest BCUT2D eigenvalue weighted by Gasteiger charge is 2.17. The Bertz CT molecular complexity index is 716. The summed E-state index contributed by atoms with van der Waals surface area (Å²) in [5, 5.41) is 0. The number of hydrogen-bond acceptors (Lipinski definition) is 7. The molecule has 1 fully saturated rings. The normalized spacial score (nSPS) is 17.1. The van der Waals surface area contributed by atoms with Crippen molar-refractivity contribution in [2.24, 2.45) is 0 Å². The molecule has 1 aromatic carbocycles. The molecule has 0 radical (unpaired) electrons. The lowest BCUT2D eigenvalue weighted by atomic mass is 10.1. The highest BCUT2D eigenvalue weighted by atomic mass is 16.6. The number of hydrogen-bond donors (Lipinski definition) is 1. The molecule has 0 saturated carbocycles. The minimum absolute atomic E-state index is 0.450. The molecule has 1 aromatic heterocycles. The number of rotatable bonds is 2. The molecule has 7 nitrogen and oxygen atoms in total. The highest BCUT2D eigenvalue weighted by Crippen LogP contribution is 2.34. The smallest absolute Gasteiger partial charge is 0.228 e. The zero-order chi connectivity index (χ0) is 15.6. The van der Waals surface area contributed by atoms with Gasteiger partial charge in [-0.3, -0.25) is 0 Å². The second kappa shape index (κ2) is 5.92. The van der Waals surface area contributed by atoms with Crippen LogP contribution in [0.5, 0.6) is 11.5 Å². The molecule has 0 spiro atoms. The topological polar surface area (TPSA) is 82.7 Å². The van der Waals surface area contributed by atoms with Gasteiger partial charge in [0.25, 0.3) is 0 Å². The maximum absolute atomic E-state index is 5.98. The number of anilines is 2. The average Bonchev–Trinajstić information content (AvgIpc) is 2.61. The van der Waals surface area contributed by atoms with Gasteiger partial charge in [0.1, 0.15) is 19.0 Å². The van der Waals surface area contributed by atoms with Gasteiger partial charge in [-0.2, -0.15) is 4.98 Å². The molecule has 0 amide bonds. The fourth-order valence-corrected chi connectivity index (χ4v) is 2.71. The Morgan fingerprint density at radius 3 is 2.52 bits per heavy atom. The molecule has 7 heteroatoms. The van der Waals surface area contributed by atoms with Crippen LogP contribution in [0.15, 0.2) is 24.3 Å². The Morgan fingerprint density at radius 1 is 0.913 bits per heavy atom. The summed E-state index contributed by atoms with van der Waals surface area (Å²) < 4.78 is 16.6. The lowest BCUT2D eigenvalue weighted by molar-refractivity contribution is 0.122. The molecule has 0 bridgehead atoms. The van der Waals surface area contributed by atoms with Gasteiger partial charge in [-0.15, -0.1) is 0 Å². The number of morpholine rings is 1. The van der Waals surface area contributed by atoms with E-state index in [1.54, 1.807) is 6.07 Å². The standard InChI is InChI=1S/C16H18N4O3/c17-15-10-12(18-16(19-15)20-3-5-21-6-4-20)11-1-2-13-14(9-11)23-8-7-22-13/h1-2,9-10H,3-8H2,(H2,17,18,19). The predicted molar refractivity (Wildman–Crippen MR) is 85.9 cm³/mol. The molecule has 1 saturated heterocycles. The minimum atomic E-state index is 0.450. The van der Waals surface area contributed by atoms with Gasteiger partial charge in [-0.1, -0.05) is 0 Å². The van der Waals surface area contributed by atoms with E-state index in [1.807, 2.05) is 18.2 Å². The second-order valence-corrected chi connectivity index (χ2v) is 5.44. The second-order valence-electron chi connectivity index (χ2n) is 5.44. The zero-order valence-electron chi connectivity index (χ0n) is 12.7. The third-order valence-corrected chi connectivity index (χ3v) is 3.87. The Balaban J connectivity index is 1.69. The van der Waals surface area contributed by atoms with Crippen LogP contribution >= 0.6 is 0 Å². The number of ether oxygens (including phenoxy) is 3. The Morgan fingerprint density at radius 2 is 1.70 bits per heavy atom. The first-order valence-corrected chi connectivity index (χ1v) is 7.67. The monoisotopic (exact) mass is 314 g/mol. The van der Waals surface area contributed by atoms with E-state index in [4.69, 9.17) is 19.9 Å². The van der Waals surface area contributed by atoms with Crippen LogP contribution in [-0.2, 0) is 4.74 Å². The van der Waals surface area contributed by atoms with E-state index in [0.29, 0.717) is 38.2 Å². The molecule has 2 aliphatic rings. The van der Waals surface area contributed by atoms with E-state index < -0.39 is 0 Å². The molecule has 2 N–H and O–H groups in total. The van der Waals surface area contributed by atoms with Crippen LogP contribution in [-0.4, -0.2) is 49.5 Å². The number of nitrogens with two attached hydrogens (primary N) is 1. The number of aromatic nitrogens is 2. The molecule has 3 heterocycles. The number of nitrogens with zero attached hydrogens (tertiary/aromatic N) is 3. The summed E-state index contributed by atoms with van der Waals surface area (Å²) in [5.41, 5.74) is 7.68. The van der Waals surface area contributed by atoms with E-state index >= 15 is 0 Å². The van der Waals surface area contributed by atoms with Gasteiger partial charge in [-0.05, 0) is 18.2 Å². The Hall–Kier alpha value is -2.54. The van der Waals surface area contributed by atoms with Gasteiger partial charge in [0.2, 0.25) is 5.95 Å². The van der Waals surface area contributed by atoms with E-state index in [-0.39, 0.29) is 0 Å². The molecular weight excluding hydrogens is 296 g/mol. The molecule has 120 valence electrons. The van der Waals surface area contributed by atoms with Crippen molar-refractivity contribution in [3.63, 3.8) is 0 Å². The Kier molecular flexibility index (Phi) is 3.63. The van der Waals surface area contributed by atoms with Gasteiger partial charge in [0, 0.05) is 24.7 Å². The maximum atomic E-state index is 5.98. The Labute approximate surface area is 134 Å². The van der Waals surface area contributed by atoms with Crippen molar-refractivity contribution in [3.05, 3.63) is 24.3 Å². The van der Waals surface area contributed by atoms with Gasteiger partial charge >= 0.3 is 0 Å². The fraction of sp³-hybridized carbons (Fsp3) is 0.375. The van der Waals surface area contributed by atoms with Crippen molar-refractivity contribution in [1.29, 1.82) is 0 Å². The number of benzene rings is 1. The summed E-state index contributed by atoms with van der Waals surface area (Å²) in [5.74, 6) is 2.58. The highest BCUT2D eigenvalue weighted by molar-refractivity contribution is 5.67. The summed E-state index contributed by atoms with van der Waals surface area (Å²) in [6, 6.07) is 7.56. The largest absolute Gasteiger partial charge is 0.486 e. The molecule has 4 rings (SSSR count). The van der Waals surface area contributed by atoms with Gasteiger partial charge in [0.05, 0.1) is 18.9 Å². The summed E-state index contributed by atoms with van der Waals surface area (Å²) in [4.78, 5) is 11.1. The lowest BCUT2D eigenvalue weighted by Crippen LogP contribution is -2.37.